The standard InChI is InChI=1S/C14H14F3N3S/c1-8(7-14(15,16)17)19-12-6-10(13(18)21)9-4-2-3-5-11(9)20-12/h2-6,8H,7H2,1H3,(H2,18,21)(H,19,20). The molecule has 1 atom stereocenters. The van der Waals surface area contributed by atoms with Crippen LogP contribution in [0.3, 0.4) is 0 Å². The van der Waals surface area contributed by atoms with E-state index in [4.69, 9.17) is 18.0 Å². The smallest absolute Gasteiger partial charge is 0.389 e. The van der Waals surface area contributed by atoms with E-state index in [0.717, 1.165) is 5.39 Å². The molecule has 0 bridgehead atoms. The number of benzene rings is 1. The van der Waals surface area contributed by atoms with Gasteiger partial charge in [-0.15, -0.1) is 0 Å². The molecule has 112 valence electrons. The third-order valence-corrected chi connectivity index (χ3v) is 3.13. The summed E-state index contributed by atoms with van der Waals surface area (Å²) in [5.41, 5.74) is 6.90. The Hall–Kier alpha value is -1.89. The minimum atomic E-state index is -4.23. The lowest BCUT2D eigenvalue weighted by Gasteiger charge is -2.17. The quantitative estimate of drug-likeness (QED) is 0.847. The maximum atomic E-state index is 12.4. The number of halogens is 3. The molecule has 2 rings (SSSR count). The maximum absolute atomic E-state index is 12.4. The Balaban J connectivity index is 2.35. The number of nitrogens with zero attached hydrogens (tertiary/aromatic N) is 1. The van der Waals surface area contributed by atoms with Crippen molar-refractivity contribution < 1.29 is 13.2 Å². The van der Waals surface area contributed by atoms with Gasteiger partial charge in [0.1, 0.15) is 10.8 Å². The third-order valence-electron chi connectivity index (χ3n) is 2.91. The molecule has 21 heavy (non-hydrogen) atoms. The molecule has 0 aliphatic carbocycles. The fraction of sp³-hybridized carbons (Fsp3) is 0.286. The van der Waals surface area contributed by atoms with Crippen LogP contribution in [-0.4, -0.2) is 22.2 Å². The predicted octanol–water partition coefficient (Wildman–Crippen LogP) is 3.62. The maximum Gasteiger partial charge on any atom is 0.391 e. The zero-order chi connectivity index (χ0) is 15.6. The molecule has 2 aromatic rings. The van der Waals surface area contributed by atoms with Crippen LogP contribution in [0, 0.1) is 0 Å². The van der Waals surface area contributed by atoms with Gasteiger partial charge in [0.05, 0.1) is 11.9 Å². The SMILES string of the molecule is CC(CC(F)(F)F)Nc1cc(C(N)=S)c2ccccc2n1. The number of rotatable bonds is 4. The minimum Gasteiger partial charge on any atom is -0.389 e. The molecule has 1 unspecified atom stereocenters. The van der Waals surface area contributed by atoms with Gasteiger partial charge in [0.2, 0.25) is 0 Å². The summed E-state index contributed by atoms with van der Waals surface area (Å²) >= 11 is 4.99. The highest BCUT2D eigenvalue weighted by Crippen LogP contribution is 2.25. The van der Waals surface area contributed by atoms with Crippen LogP contribution in [0.2, 0.25) is 0 Å². The van der Waals surface area contributed by atoms with Crippen molar-refractivity contribution in [3.05, 3.63) is 35.9 Å². The predicted molar refractivity (Wildman–Crippen MR) is 81.4 cm³/mol. The normalized spacial score (nSPS) is 13.1. The highest BCUT2D eigenvalue weighted by atomic mass is 32.1. The summed E-state index contributed by atoms with van der Waals surface area (Å²) in [6, 6.07) is 7.98. The van der Waals surface area contributed by atoms with Crippen molar-refractivity contribution in [2.24, 2.45) is 5.73 Å². The second kappa shape index (κ2) is 5.85. The van der Waals surface area contributed by atoms with Gasteiger partial charge in [0.25, 0.3) is 0 Å². The van der Waals surface area contributed by atoms with Crippen LogP contribution < -0.4 is 11.1 Å². The Morgan fingerprint density at radius 3 is 2.67 bits per heavy atom. The number of aromatic nitrogens is 1. The first-order chi connectivity index (χ1) is 9.76. The number of anilines is 1. The zero-order valence-corrected chi connectivity index (χ0v) is 12.1. The van der Waals surface area contributed by atoms with E-state index >= 15 is 0 Å². The minimum absolute atomic E-state index is 0.181. The van der Waals surface area contributed by atoms with Gasteiger partial charge in [0.15, 0.2) is 0 Å². The first kappa shape index (κ1) is 15.5. The lowest BCUT2D eigenvalue weighted by molar-refractivity contribution is -0.136. The second-order valence-electron chi connectivity index (χ2n) is 4.80. The zero-order valence-electron chi connectivity index (χ0n) is 11.2. The van der Waals surface area contributed by atoms with Crippen molar-refractivity contribution in [1.82, 2.24) is 4.98 Å². The highest BCUT2D eigenvalue weighted by molar-refractivity contribution is 7.80. The van der Waals surface area contributed by atoms with Gasteiger partial charge in [-0.3, -0.25) is 0 Å². The lowest BCUT2D eigenvalue weighted by Crippen LogP contribution is -2.24. The average Bonchev–Trinajstić information content (AvgIpc) is 2.35. The van der Waals surface area contributed by atoms with Crippen molar-refractivity contribution >= 4 is 33.9 Å². The van der Waals surface area contributed by atoms with E-state index in [-0.39, 0.29) is 4.99 Å². The summed E-state index contributed by atoms with van der Waals surface area (Å²) in [7, 11) is 0. The molecule has 0 saturated heterocycles. The first-order valence-electron chi connectivity index (χ1n) is 6.29. The molecule has 0 spiro atoms. The number of nitrogens with one attached hydrogen (secondary N) is 1. The van der Waals surface area contributed by atoms with Gasteiger partial charge in [-0.2, -0.15) is 13.2 Å². The molecule has 1 heterocycles. The monoisotopic (exact) mass is 313 g/mol. The van der Waals surface area contributed by atoms with E-state index in [2.05, 4.69) is 10.3 Å². The topological polar surface area (TPSA) is 50.9 Å². The van der Waals surface area contributed by atoms with Crippen LogP contribution in [-0.2, 0) is 0 Å². The van der Waals surface area contributed by atoms with Crippen molar-refractivity contribution in [3.63, 3.8) is 0 Å². The Morgan fingerprint density at radius 2 is 2.05 bits per heavy atom. The Kier molecular flexibility index (Phi) is 4.32. The molecule has 7 heteroatoms. The fourth-order valence-electron chi connectivity index (χ4n) is 2.10. The summed E-state index contributed by atoms with van der Waals surface area (Å²) in [5, 5.41) is 3.52. The fourth-order valence-corrected chi connectivity index (χ4v) is 2.27. The number of nitrogens with two attached hydrogens (primary N) is 1. The number of para-hydroxylation sites is 1. The molecule has 0 fully saturated rings. The number of thiocarbonyl (C=S) groups is 1. The summed E-state index contributed by atoms with van der Waals surface area (Å²) in [6.45, 7) is 1.45. The molecule has 1 aromatic carbocycles. The molecule has 3 N–H and O–H groups in total. The summed E-state index contributed by atoms with van der Waals surface area (Å²) in [6.07, 6.45) is -5.17. The summed E-state index contributed by atoms with van der Waals surface area (Å²) in [4.78, 5) is 4.48. The Bertz CT molecular complexity index is 670. The number of fused-ring (bicyclic) bond motifs is 1. The molecule has 1 aromatic heterocycles. The molecule has 3 nitrogen and oxygen atoms in total. The van der Waals surface area contributed by atoms with Crippen molar-refractivity contribution in [3.8, 4) is 0 Å². The van der Waals surface area contributed by atoms with Crippen molar-refractivity contribution in [2.45, 2.75) is 25.6 Å². The van der Waals surface area contributed by atoms with Crippen LogP contribution in [0.15, 0.2) is 30.3 Å². The molecular weight excluding hydrogens is 299 g/mol. The van der Waals surface area contributed by atoms with E-state index < -0.39 is 18.6 Å². The Morgan fingerprint density at radius 1 is 1.38 bits per heavy atom. The van der Waals surface area contributed by atoms with Gasteiger partial charge < -0.3 is 11.1 Å². The Labute approximate surface area is 125 Å². The number of pyridine rings is 1. The number of hydrogen-bond acceptors (Lipinski definition) is 3. The molecular formula is C14H14F3N3S. The van der Waals surface area contributed by atoms with Crippen LogP contribution in [0.25, 0.3) is 10.9 Å². The van der Waals surface area contributed by atoms with E-state index in [1.807, 2.05) is 12.1 Å². The van der Waals surface area contributed by atoms with E-state index in [0.29, 0.717) is 16.9 Å². The number of alkyl halides is 3. The molecule has 0 radical (unpaired) electrons. The third kappa shape index (κ3) is 4.04. The van der Waals surface area contributed by atoms with E-state index in [1.165, 1.54) is 6.92 Å². The highest BCUT2D eigenvalue weighted by Gasteiger charge is 2.30. The largest absolute Gasteiger partial charge is 0.391 e. The van der Waals surface area contributed by atoms with Crippen LogP contribution >= 0.6 is 12.2 Å². The first-order valence-corrected chi connectivity index (χ1v) is 6.70. The lowest BCUT2D eigenvalue weighted by atomic mass is 10.1. The van der Waals surface area contributed by atoms with E-state index in [9.17, 15) is 13.2 Å². The van der Waals surface area contributed by atoms with Crippen molar-refractivity contribution in [1.29, 1.82) is 0 Å². The number of hydrogen-bond donors (Lipinski definition) is 2. The van der Waals surface area contributed by atoms with Crippen molar-refractivity contribution in [2.75, 3.05) is 5.32 Å². The molecule has 0 saturated carbocycles. The van der Waals surface area contributed by atoms with Crippen LogP contribution in [0.1, 0.15) is 18.9 Å². The van der Waals surface area contributed by atoms with Gasteiger partial charge in [-0.25, -0.2) is 4.98 Å². The summed E-state index contributed by atoms with van der Waals surface area (Å²) < 4.78 is 37.1. The van der Waals surface area contributed by atoms with Gasteiger partial charge in [-0.1, -0.05) is 30.4 Å². The van der Waals surface area contributed by atoms with Crippen LogP contribution in [0.4, 0.5) is 19.0 Å². The molecule has 0 amide bonds. The summed E-state index contributed by atoms with van der Waals surface area (Å²) in [5.74, 6) is 0.327. The van der Waals surface area contributed by atoms with Gasteiger partial charge in [-0.05, 0) is 19.1 Å². The second-order valence-corrected chi connectivity index (χ2v) is 5.24. The van der Waals surface area contributed by atoms with E-state index in [1.54, 1.807) is 18.2 Å². The molecule has 0 aliphatic rings. The van der Waals surface area contributed by atoms with Gasteiger partial charge >= 0.3 is 6.18 Å². The van der Waals surface area contributed by atoms with Crippen LogP contribution in [0.5, 0.6) is 0 Å². The molecule has 0 aliphatic heterocycles. The average molecular weight is 313 g/mol. The van der Waals surface area contributed by atoms with Gasteiger partial charge in [0, 0.05) is 17.0 Å².